The Morgan fingerprint density at radius 1 is 1.18 bits per heavy atom. The molecular formula is C14H15NOS. The van der Waals surface area contributed by atoms with E-state index in [4.69, 9.17) is 0 Å². The Hall–Kier alpha value is -1.48. The molecule has 0 bridgehead atoms. The maximum absolute atomic E-state index is 11.7. The molecule has 0 aliphatic heterocycles. The highest BCUT2D eigenvalue weighted by atomic mass is 32.2. The molecule has 88 valence electrons. The molecule has 2 rings (SSSR count). The second kappa shape index (κ2) is 5.73. The van der Waals surface area contributed by atoms with Gasteiger partial charge in [-0.05, 0) is 35.0 Å². The highest BCUT2D eigenvalue weighted by Crippen LogP contribution is 2.27. The number of hydrogen-bond donors (Lipinski definition) is 1. The molecule has 1 amide bonds. The van der Waals surface area contributed by atoms with Gasteiger partial charge in [0, 0.05) is 11.4 Å². The number of carbonyl (C=O) groups excluding carboxylic acids is 1. The van der Waals surface area contributed by atoms with Crippen molar-refractivity contribution in [2.24, 2.45) is 0 Å². The van der Waals surface area contributed by atoms with E-state index in [0.29, 0.717) is 0 Å². The van der Waals surface area contributed by atoms with Crippen LogP contribution in [-0.4, -0.2) is 11.8 Å². The molecular weight excluding hydrogens is 230 g/mol. The van der Waals surface area contributed by atoms with Gasteiger partial charge in [-0.25, -0.2) is 0 Å². The van der Waals surface area contributed by atoms with Crippen molar-refractivity contribution in [1.29, 1.82) is 0 Å². The first kappa shape index (κ1) is 12.0. The summed E-state index contributed by atoms with van der Waals surface area (Å²) in [4.78, 5) is 12.7. The molecule has 0 aliphatic rings. The molecule has 0 atom stereocenters. The Balaban J connectivity index is 2.21. The SMILES string of the molecule is CCCNC(=O)Sc1cccc2ccccc12. The van der Waals surface area contributed by atoms with E-state index in [1.165, 1.54) is 17.1 Å². The standard InChI is InChI=1S/C14H15NOS/c1-2-10-15-14(16)17-13-9-5-7-11-6-3-4-8-12(11)13/h3-9H,2,10H2,1H3,(H,15,16). The van der Waals surface area contributed by atoms with Gasteiger partial charge in [0.15, 0.2) is 0 Å². The van der Waals surface area contributed by atoms with Crippen LogP contribution in [0, 0.1) is 0 Å². The summed E-state index contributed by atoms with van der Waals surface area (Å²) >= 11 is 1.26. The van der Waals surface area contributed by atoms with Crippen molar-refractivity contribution >= 4 is 27.8 Å². The van der Waals surface area contributed by atoms with Gasteiger partial charge < -0.3 is 5.32 Å². The number of amides is 1. The lowest BCUT2D eigenvalue weighted by atomic mass is 10.1. The highest BCUT2D eigenvalue weighted by Gasteiger charge is 2.06. The Bertz CT molecular complexity index is 519. The summed E-state index contributed by atoms with van der Waals surface area (Å²) in [7, 11) is 0. The second-order valence-electron chi connectivity index (χ2n) is 3.79. The lowest BCUT2D eigenvalue weighted by Crippen LogP contribution is -2.18. The van der Waals surface area contributed by atoms with Crippen molar-refractivity contribution in [1.82, 2.24) is 5.32 Å². The molecule has 0 aliphatic carbocycles. The molecule has 2 nitrogen and oxygen atoms in total. The van der Waals surface area contributed by atoms with Gasteiger partial charge >= 0.3 is 0 Å². The Morgan fingerprint density at radius 2 is 1.94 bits per heavy atom. The minimum atomic E-state index is 0.0169. The van der Waals surface area contributed by atoms with Gasteiger partial charge in [-0.1, -0.05) is 43.3 Å². The van der Waals surface area contributed by atoms with Crippen molar-refractivity contribution < 1.29 is 4.79 Å². The van der Waals surface area contributed by atoms with Crippen molar-refractivity contribution in [2.75, 3.05) is 6.54 Å². The quantitative estimate of drug-likeness (QED) is 0.826. The van der Waals surface area contributed by atoms with Gasteiger partial charge in [-0.15, -0.1) is 0 Å². The number of fused-ring (bicyclic) bond motifs is 1. The molecule has 0 aromatic heterocycles. The molecule has 0 fully saturated rings. The van der Waals surface area contributed by atoms with E-state index in [1.807, 2.05) is 37.3 Å². The lowest BCUT2D eigenvalue weighted by Gasteiger charge is -2.06. The third kappa shape index (κ3) is 3.01. The van der Waals surface area contributed by atoms with E-state index in [0.717, 1.165) is 23.2 Å². The summed E-state index contributed by atoms with van der Waals surface area (Å²) in [6.07, 6.45) is 0.960. The minimum Gasteiger partial charge on any atom is -0.347 e. The Kier molecular flexibility index (Phi) is 4.04. The van der Waals surface area contributed by atoms with Gasteiger partial charge in [0.1, 0.15) is 0 Å². The average Bonchev–Trinajstić information content (AvgIpc) is 2.37. The van der Waals surface area contributed by atoms with E-state index in [9.17, 15) is 4.79 Å². The van der Waals surface area contributed by atoms with Crippen LogP contribution in [0.1, 0.15) is 13.3 Å². The average molecular weight is 245 g/mol. The van der Waals surface area contributed by atoms with Crippen LogP contribution in [0.15, 0.2) is 47.4 Å². The van der Waals surface area contributed by atoms with Gasteiger partial charge in [-0.2, -0.15) is 0 Å². The molecule has 0 unspecified atom stereocenters. The van der Waals surface area contributed by atoms with Crippen LogP contribution in [0.4, 0.5) is 4.79 Å². The van der Waals surface area contributed by atoms with E-state index >= 15 is 0 Å². The molecule has 1 N–H and O–H groups in total. The first-order valence-corrected chi connectivity index (χ1v) is 6.56. The Morgan fingerprint density at radius 3 is 2.76 bits per heavy atom. The summed E-state index contributed by atoms with van der Waals surface area (Å²) in [5, 5.41) is 5.18. The van der Waals surface area contributed by atoms with Crippen molar-refractivity contribution in [3.05, 3.63) is 42.5 Å². The van der Waals surface area contributed by atoms with Gasteiger partial charge in [0.2, 0.25) is 0 Å². The topological polar surface area (TPSA) is 29.1 Å². The number of nitrogens with one attached hydrogen (secondary N) is 1. The smallest absolute Gasteiger partial charge is 0.283 e. The van der Waals surface area contributed by atoms with Gasteiger partial charge in [-0.3, -0.25) is 4.79 Å². The minimum absolute atomic E-state index is 0.0169. The molecule has 0 heterocycles. The summed E-state index contributed by atoms with van der Waals surface area (Å²) in [5.41, 5.74) is 0. The molecule has 17 heavy (non-hydrogen) atoms. The van der Waals surface area contributed by atoms with E-state index in [2.05, 4.69) is 17.4 Å². The zero-order valence-corrected chi connectivity index (χ0v) is 10.6. The number of benzene rings is 2. The van der Waals surface area contributed by atoms with Crippen LogP contribution < -0.4 is 5.32 Å². The number of hydrogen-bond acceptors (Lipinski definition) is 2. The summed E-state index contributed by atoms with van der Waals surface area (Å²) in [6.45, 7) is 2.78. The van der Waals surface area contributed by atoms with Crippen LogP contribution in [0.3, 0.4) is 0 Å². The maximum atomic E-state index is 11.7. The van der Waals surface area contributed by atoms with Crippen LogP contribution in [0.2, 0.25) is 0 Å². The zero-order valence-electron chi connectivity index (χ0n) is 9.77. The first-order chi connectivity index (χ1) is 8.31. The predicted octanol–water partition coefficient (Wildman–Crippen LogP) is 4.05. The normalized spacial score (nSPS) is 10.4. The monoisotopic (exact) mass is 245 g/mol. The molecule has 0 spiro atoms. The Labute approximate surface area is 105 Å². The highest BCUT2D eigenvalue weighted by molar-refractivity contribution is 8.13. The fourth-order valence-electron chi connectivity index (χ4n) is 1.65. The number of thioether (sulfide) groups is 1. The first-order valence-electron chi connectivity index (χ1n) is 5.74. The largest absolute Gasteiger partial charge is 0.347 e. The third-order valence-corrected chi connectivity index (χ3v) is 3.38. The molecule has 2 aromatic carbocycles. The maximum Gasteiger partial charge on any atom is 0.283 e. The zero-order chi connectivity index (χ0) is 12.1. The van der Waals surface area contributed by atoms with Crippen LogP contribution in [0.25, 0.3) is 10.8 Å². The second-order valence-corrected chi connectivity index (χ2v) is 4.81. The summed E-state index contributed by atoms with van der Waals surface area (Å²) in [5.74, 6) is 0. The summed E-state index contributed by atoms with van der Waals surface area (Å²) in [6, 6.07) is 14.1. The van der Waals surface area contributed by atoms with E-state index < -0.39 is 0 Å². The molecule has 0 radical (unpaired) electrons. The van der Waals surface area contributed by atoms with Crippen LogP contribution in [0.5, 0.6) is 0 Å². The molecule has 3 heteroatoms. The molecule has 2 aromatic rings. The van der Waals surface area contributed by atoms with Crippen molar-refractivity contribution in [3.8, 4) is 0 Å². The fourth-order valence-corrected chi connectivity index (χ4v) is 2.46. The fraction of sp³-hybridized carbons (Fsp3) is 0.214. The molecule has 0 saturated heterocycles. The van der Waals surface area contributed by atoms with Gasteiger partial charge in [0.25, 0.3) is 5.24 Å². The number of carbonyl (C=O) groups is 1. The van der Waals surface area contributed by atoms with Crippen LogP contribution >= 0.6 is 11.8 Å². The van der Waals surface area contributed by atoms with E-state index in [1.54, 1.807) is 0 Å². The van der Waals surface area contributed by atoms with Crippen LogP contribution in [-0.2, 0) is 0 Å². The predicted molar refractivity (Wildman–Crippen MR) is 73.5 cm³/mol. The third-order valence-electron chi connectivity index (χ3n) is 2.47. The van der Waals surface area contributed by atoms with E-state index in [-0.39, 0.29) is 5.24 Å². The number of rotatable bonds is 3. The van der Waals surface area contributed by atoms with Crippen molar-refractivity contribution in [3.63, 3.8) is 0 Å². The van der Waals surface area contributed by atoms with Gasteiger partial charge in [0.05, 0.1) is 0 Å². The summed E-state index contributed by atoms with van der Waals surface area (Å²) < 4.78 is 0. The lowest BCUT2D eigenvalue weighted by molar-refractivity contribution is 0.260. The molecule has 0 saturated carbocycles. The van der Waals surface area contributed by atoms with Crippen molar-refractivity contribution in [2.45, 2.75) is 18.2 Å².